The summed E-state index contributed by atoms with van der Waals surface area (Å²) < 4.78 is 1.47. The normalized spacial score (nSPS) is 12.4. The van der Waals surface area contributed by atoms with Crippen LogP contribution in [-0.2, 0) is 13.0 Å². The molecule has 4 heteroatoms. The molecule has 19 heavy (non-hydrogen) atoms. The average Bonchev–Trinajstić information content (AvgIpc) is 2.41. The van der Waals surface area contributed by atoms with Crippen LogP contribution in [0.4, 0.5) is 0 Å². The summed E-state index contributed by atoms with van der Waals surface area (Å²) in [5, 5.41) is 10.1. The maximum Gasteiger partial charge on any atom is 0.256 e. The molecule has 0 aliphatic carbocycles. The zero-order valence-corrected chi connectivity index (χ0v) is 11.2. The first kappa shape index (κ1) is 13.5. The summed E-state index contributed by atoms with van der Waals surface area (Å²) in [4.78, 5) is 16.1. The van der Waals surface area contributed by atoms with Crippen LogP contribution in [0.5, 0.6) is 0 Å². The molecule has 0 saturated carbocycles. The lowest BCUT2D eigenvalue weighted by molar-refractivity contribution is 0.152. The number of aliphatic hydroxyl groups excluding tert-OH is 1. The van der Waals surface area contributed by atoms with Crippen LogP contribution >= 0.6 is 0 Å². The molecule has 0 spiro atoms. The van der Waals surface area contributed by atoms with Gasteiger partial charge < -0.3 is 5.11 Å². The van der Waals surface area contributed by atoms with Gasteiger partial charge in [-0.25, -0.2) is 4.98 Å². The minimum atomic E-state index is -0.594. The molecule has 4 nitrogen and oxygen atoms in total. The van der Waals surface area contributed by atoms with Crippen molar-refractivity contribution in [2.45, 2.75) is 32.9 Å². The molecule has 0 saturated heterocycles. The quantitative estimate of drug-likeness (QED) is 0.903. The van der Waals surface area contributed by atoms with E-state index in [0.717, 1.165) is 11.3 Å². The Hall–Kier alpha value is -1.94. The van der Waals surface area contributed by atoms with E-state index in [-0.39, 0.29) is 12.1 Å². The fourth-order valence-electron chi connectivity index (χ4n) is 1.98. The SMILES string of the molecule is Cc1ncn(CC(O)Cc2ccccc2)c(=O)c1C. The highest BCUT2D eigenvalue weighted by Gasteiger charge is 2.10. The maximum atomic E-state index is 12.0. The Morgan fingerprint density at radius 3 is 2.63 bits per heavy atom. The van der Waals surface area contributed by atoms with Gasteiger partial charge in [0.2, 0.25) is 0 Å². The number of aliphatic hydroxyl groups is 1. The molecule has 0 radical (unpaired) electrons. The Bertz CT molecular complexity index is 605. The topological polar surface area (TPSA) is 55.1 Å². The van der Waals surface area contributed by atoms with Gasteiger partial charge in [-0.1, -0.05) is 30.3 Å². The van der Waals surface area contributed by atoms with Crippen LogP contribution < -0.4 is 5.56 Å². The smallest absolute Gasteiger partial charge is 0.256 e. The Labute approximate surface area is 112 Å². The monoisotopic (exact) mass is 258 g/mol. The van der Waals surface area contributed by atoms with Crippen molar-refractivity contribution in [1.82, 2.24) is 9.55 Å². The number of aromatic nitrogens is 2. The van der Waals surface area contributed by atoms with Crippen LogP contribution in [-0.4, -0.2) is 20.8 Å². The second kappa shape index (κ2) is 5.80. The Balaban J connectivity index is 2.10. The third-order valence-corrected chi connectivity index (χ3v) is 3.24. The number of hydrogen-bond acceptors (Lipinski definition) is 3. The molecule has 1 N–H and O–H groups in total. The van der Waals surface area contributed by atoms with E-state index in [9.17, 15) is 9.90 Å². The molecule has 1 atom stereocenters. The number of aryl methyl sites for hydroxylation is 1. The van der Waals surface area contributed by atoms with Gasteiger partial charge in [0.05, 0.1) is 19.0 Å². The summed E-state index contributed by atoms with van der Waals surface area (Å²) in [5.41, 5.74) is 2.34. The minimum Gasteiger partial charge on any atom is -0.391 e. The Kier molecular flexibility index (Phi) is 4.12. The van der Waals surface area contributed by atoms with Crippen molar-refractivity contribution in [3.8, 4) is 0 Å². The molecule has 2 rings (SSSR count). The molecule has 0 bridgehead atoms. The van der Waals surface area contributed by atoms with Crippen molar-refractivity contribution >= 4 is 0 Å². The van der Waals surface area contributed by atoms with Gasteiger partial charge >= 0.3 is 0 Å². The standard InChI is InChI=1S/C15H18N2O2/c1-11-12(2)16-10-17(15(11)19)9-14(18)8-13-6-4-3-5-7-13/h3-7,10,14,18H,8-9H2,1-2H3. The summed E-state index contributed by atoms with van der Waals surface area (Å²) in [6.45, 7) is 3.83. The highest BCUT2D eigenvalue weighted by Crippen LogP contribution is 2.04. The summed E-state index contributed by atoms with van der Waals surface area (Å²) in [6, 6.07) is 9.74. The number of hydrogen-bond donors (Lipinski definition) is 1. The molecule has 1 unspecified atom stereocenters. The summed E-state index contributed by atoms with van der Waals surface area (Å²) in [7, 11) is 0. The van der Waals surface area contributed by atoms with Crippen molar-refractivity contribution in [1.29, 1.82) is 0 Å². The zero-order valence-electron chi connectivity index (χ0n) is 11.2. The number of nitrogens with zero attached hydrogens (tertiary/aromatic N) is 2. The van der Waals surface area contributed by atoms with Crippen molar-refractivity contribution in [2.75, 3.05) is 0 Å². The van der Waals surface area contributed by atoms with E-state index in [2.05, 4.69) is 4.98 Å². The first-order valence-corrected chi connectivity index (χ1v) is 6.32. The third kappa shape index (κ3) is 3.29. The summed E-state index contributed by atoms with van der Waals surface area (Å²) >= 11 is 0. The van der Waals surface area contributed by atoms with E-state index in [1.54, 1.807) is 6.92 Å². The molecular formula is C15H18N2O2. The molecular weight excluding hydrogens is 240 g/mol. The number of benzene rings is 1. The Morgan fingerprint density at radius 1 is 1.26 bits per heavy atom. The highest BCUT2D eigenvalue weighted by atomic mass is 16.3. The van der Waals surface area contributed by atoms with Gasteiger partial charge in [-0.05, 0) is 19.4 Å². The van der Waals surface area contributed by atoms with Crippen LogP contribution in [0, 0.1) is 13.8 Å². The van der Waals surface area contributed by atoms with Crippen LogP contribution in [0.1, 0.15) is 16.8 Å². The van der Waals surface area contributed by atoms with Crippen molar-refractivity contribution in [3.63, 3.8) is 0 Å². The van der Waals surface area contributed by atoms with Crippen LogP contribution in [0.15, 0.2) is 41.5 Å². The van der Waals surface area contributed by atoms with Gasteiger partial charge in [-0.3, -0.25) is 9.36 Å². The fraction of sp³-hybridized carbons (Fsp3) is 0.333. The first-order chi connectivity index (χ1) is 9.08. The van der Waals surface area contributed by atoms with Crippen LogP contribution in [0.25, 0.3) is 0 Å². The molecule has 1 aromatic carbocycles. The molecule has 0 aliphatic rings. The minimum absolute atomic E-state index is 0.0837. The lowest BCUT2D eigenvalue weighted by Crippen LogP contribution is -2.29. The van der Waals surface area contributed by atoms with E-state index in [4.69, 9.17) is 0 Å². The molecule has 1 aromatic heterocycles. The summed E-state index contributed by atoms with van der Waals surface area (Å²) in [6.07, 6.45) is 1.43. The zero-order chi connectivity index (χ0) is 13.8. The van der Waals surface area contributed by atoms with Gasteiger partial charge in [0.15, 0.2) is 0 Å². The van der Waals surface area contributed by atoms with Crippen molar-refractivity contribution in [3.05, 3.63) is 63.8 Å². The largest absolute Gasteiger partial charge is 0.391 e. The van der Waals surface area contributed by atoms with E-state index in [1.165, 1.54) is 10.9 Å². The van der Waals surface area contributed by atoms with Crippen LogP contribution in [0.3, 0.4) is 0 Å². The van der Waals surface area contributed by atoms with Crippen molar-refractivity contribution < 1.29 is 5.11 Å². The fourth-order valence-corrected chi connectivity index (χ4v) is 1.98. The van der Waals surface area contributed by atoms with Gasteiger partial charge in [0, 0.05) is 17.7 Å². The van der Waals surface area contributed by atoms with E-state index >= 15 is 0 Å². The van der Waals surface area contributed by atoms with Crippen molar-refractivity contribution in [2.24, 2.45) is 0 Å². The average molecular weight is 258 g/mol. The molecule has 1 heterocycles. The van der Waals surface area contributed by atoms with E-state index < -0.39 is 6.10 Å². The number of rotatable bonds is 4. The molecule has 0 aliphatic heterocycles. The van der Waals surface area contributed by atoms with E-state index in [1.807, 2.05) is 37.3 Å². The lowest BCUT2D eigenvalue weighted by atomic mass is 10.1. The maximum absolute atomic E-state index is 12.0. The third-order valence-electron chi connectivity index (χ3n) is 3.24. The molecule has 0 fully saturated rings. The predicted octanol–water partition coefficient (Wildman–Crippen LogP) is 1.46. The predicted molar refractivity (Wildman–Crippen MR) is 74.1 cm³/mol. The van der Waals surface area contributed by atoms with Crippen LogP contribution in [0.2, 0.25) is 0 Å². The second-order valence-corrected chi connectivity index (χ2v) is 4.76. The second-order valence-electron chi connectivity index (χ2n) is 4.76. The summed E-state index contributed by atoms with van der Waals surface area (Å²) in [5.74, 6) is 0. The first-order valence-electron chi connectivity index (χ1n) is 6.32. The highest BCUT2D eigenvalue weighted by molar-refractivity contribution is 5.16. The molecule has 2 aromatic rings. The van der Waals surface area contributed by atoms with Gasteiger partial charge in [-0.2, -0.15) is 0 Å². The lowest BCUT2D eigenvalue weighted by Gasteiger charge is -2.13. The van der Waals surface area contributed by atoms with Gasteiger partial charge in [0.25, 0.3) is 5.56 Å². The Morgan fingerprint density at radius 2 is 1.95 bits per heavy atom. The van der Waals surface area contributed by atoms with Gasteiger partial charge in [-0.15, -0.1) is 0 Å². The van der Waals surface area contributed by atoms with Gasteiger partial charge in [0.1, 0.15) is 0 Å². The van der Waals surface area contributed by atoms with E-state index in [0.29, 0.717) is 12.0 Å². The molecule has 100 valence electrons. The molecule has 0 amide bonds.